The van der Waals surface area contributed by atoms with Crippen LogP contribution in [0.2, 0.25) is 0 Å². The lowest BCUT2D eigenvalue weighted by Gasteiger charge is -2.22. The van der Waals surface area contributed by atoms with E-state index in [2.05, 4.69) is 15.3 Å². The van der Waals surface area contributed by atoms with E-state index in [4.69, 9.17) is 4.74 Å². The second-order valence-electron chi connectivity index (χ2n) is 6.36. The van der Waals surface area contributed by atoms with Crippen LogP contribution in [0, 0.1) is 0 Å². The normalized spacial score (nSPS) is 16.4. The Morgan fingerprint density at radius 3 is 2.70 bits per heavy atom. The van der Waals surface area contributed by atoms with Gasteiger partial charge in [0.1, 0.15) is 11.4 Å². The molecular formula is C15H25N3O2. The van der Waals surface area contributed by atoms with Crippen LogP contribution >= 0.6 is 0 Å². The third-order valence-corrected chi connectivity index (χ3v) is 3.40. The number of carbonyl (C=O) groups is 1. The Kier molecular flexibility index (Phi) is 4.35. The standard InChI is InChI=1S/C15H25N3O2/c1-5-10(18-14(19)20-15(2,3)4)13-16-11-8-6-7-9-12(11)17-13/h10H,5-9H2,1-4H3,(H,16,17)(H,18,19)/t10-/m0/s1. The number of nitrogens with one attached hydrogen (secondary N) is 2. The molecule has 1 aromatic heterocycles. The van der Waals surface area contributed by atoms with E-state index < -0.39 is 11.7 Å². The summed E-state index contributed by atoms with van der Waals surface area (Å²) in [4.78, 5) is 19.9. The number of hydrogen-bond acceptors (Lipinski definition) is 3. The Labute approximate surface area is 120 Å². The molecule has 1 heterocycles. The van der Waals surface area contributed by atoms with Crippen molar-refractivity contribution in [3.05, 3.63) is 17.2 Å². The molecule has 2 rings (SSSR count). The van der Waals surface area contributed by atoms with Crippen molar-refractivity contribution >= 4 is 6.09 Å². The Hall–Kier alpha value is -1.52. The number of H-pyrrole nitrogens is 1. The molecule has 20 heavy (non-hydrogen) atoms. The van der Waals surface area contributed by atoms with Gasteiger partial charge >= 0.3 is 6.09 Å². The Bertz CT molecular complexity index is 450. The van der Waals surface area contributed by atoms with E-state index in [1.165, 1.54) is 18.5 Å². The average Bonchev–Trinajstić information content (AvgIpc) is 2.77. The van der Waals surface area contributed by atoms with Crippen molar-refractivity contribution in [3.63, 3.8) is 0 Å². The van der Waals surface area contributed by atoms with E-state index in [0.717, 1.165) is 30.8 Å². The van der Waals surface area contributed by atoms with Crippen molar-refractivity contribution in [3.8, 4) is 0 Å². The Balaban J connectivity index is 2.04. The van der Waals surface area contributed by atoms with Crippen molar-refractivity contribution in [1.82, 2.24) is 15.3 Å². The van der Waals surface area contributed by atoms with Crippen LogP contribution in [0.4, 0.5) is 4.79 Å². The Morgan fingerprint density at radius 1 is 1.40 bits per heavy atom. The van der Waals surface area contributed by atoms with Crippen molar-refractivity contribution in [2.24, 2.45) is 0 Å². The summed E-state index contributed by atoms with van der Waals surface area (Å²) >= 11 is 0. The fourth-order valence-corrected chi connectivity index (χ4v) is 2.45. The van der Waals surface area contributed by atoms with Gasteiger partial charge in [-0.2, -0.15) is 0 Å². The minimum atomic E-state index is -0.481. The van der Waals surface area contributed by atoms with Gasteiger partial charge in [0.2, 0.25) is 0 Å². The van der Waals surface area contributed by atoms with Crippen molar-refractivity contribution in [2.45, 2.75) is 71.4 Å². The molecule has 1 aliphatic carbocycles. The molecule has 2 N–H and O–H groups in total. The van der Waals surface area contributed by atoms with Crippen molar-refractivity contribution < 1.29 is 9.53 Å². The second kappa shape index (κ2) is 5.85. The number of nitrogens with zero attached hydrogens (tertiary/aromatic N) is 1. The molecule has 0 unspecified atom stereocenters. The molecule has 0 aliphatic heterocycles. The first-order chi connectivity index (χ1) is 9.39. The fraction of sp³-hybridized carbons (Fsp3) is 0.733. The van der Waals surface area contributed by atoms with Gasteiger partial charge in [-0.1, -0.05) is 6.92 Å². The number of hydrogen-bond donors (Lipinski definition) is 2. The molecule has 112 valence electrons. The predicted octanol–water partition coefficient (Wildman–Crippen LogP) is 3.26. The van der Waals surface area contributed by atoms with E-state index in [9.17, 15) is 4.79 Å². The average molecular weight is 279 g/mol. The van der Waals surface area contributed by atoms with Gasteiger partial charge in [-0.3, -0.25) is 0 Å². The van der Waals surface area contributed by atoms with Gasteiger partial charge in [0.05, 0.1) is 11.7 Å². The molecule has 0 aromatic carbocycles. The summed E-state index contributed by atoms with van der Waals surface area (Å²) in [6.07, 6.45) is 4.91. The monoisotopic (exact) mass is 279 g/mol. The van der Waals surface area contributed by atoms with Gasteiger partial charge in [-0.05, 0) is 52.9 Å². The number of aromatic amines is 1. The lowest BCUT2D eigenvalue weighted by atomic mass is 10.0. The van der Waals surface area contributed by atoms with Gasteiger partial charge < -0.3 is 15.0 Å². The summed E-state index contributed by atoms with van der Waals surface area (Å²) < 4.78 is 5.30. The molecule has 0 spiro atoms. The van der Waals surface area contributed by atoms with Crippen LogP contribution in [0.25, 0.3) is 0 Å². The molecular weight excluding hydrogens is 254 g/mol. The van der Waals surface area contributed by atoms with Gasteiger partial charge in [-0.15, -0.1) is 0 Å². The van der Waals surface area contributed by atoms with Gasteiger partial charge in [-0.25, -0.2) is 9.78 Å². The van der Waals surface area contributed by atoms with E-state index in [1.54, 1.807) is 0 Å². The predicted molar refractivity (Wildman–Crippen MR) is 77.6 cm³/mol. The zero-order valence-electron chi connectivity index (χ0n) is 12.9. The smallest absolute Gasteiger partial charge is 0.408 e. The summed E-state index contributed by atoms with van der Waals surface area (Å²) in [5, 5.41) is 2.89. The largest absolute Gasteiger partial charge is 0.444 e. The van der Waals surface area contributed by atoms with E-state index in [-0.39, 0.29) is 6.04 Å². The molecule has 0 radical (unpaired) electrons. The zero-order valence-corrected chi connectivity index (χ0v) is 12.9. The molecule has 0 fully saturated rings. The third-order valence-electron chi connectivity index (χ3n) is 3.40. The number of aromatic nitrogens is 2. The van der Waals surface area contributed by atoms with Crippen LogP contribution in [0.3, 0.4) is 0 Å². The first-order valence-corrected chi connectivity index (χ1v) is 7.46. The van der Waals surface area contributed by atoms with Crippen LogP contribution in [-0.2, 0) is 17.6 Å². The number of fused-ring (bicyclic) bond motifs is 1. The number of ether oxygens (including phenoxy) is 1. The van der Waals surface area contributed by atoms with Crippen LogP contribution in [-0.4, -0.2) is 21.7 Å². The third kappa shape index (κ3) is 3.74. The quantitative estimate of drug-likeness (QED) is 0.892. The highest BCUT2D eigenvalue weighted by Crippen LogP contribution is 2.23. The Morgan fingerprint density at radius 2 is 2.10 bits per heavy atom. The maximum atomic E-state index is 11.9. The molecule has 1 aromatic rings. The summed E-state index contributed by atoms with van der Waals surface area (Å²) in [5.41, 5.74) is 1.91. The minimum absolute atomic E-state index is 0.115. The summed E-state index contributed by atoms with van der Waals surface area (Å²) in [6, 6.07) is -0.115. The highest BCUT2D eigenvalue weighted by atomic mass is 16.6. The minimum Gasteiger partial charge on any atom is -0.444 e. The SMILES string of the molecule is CC[C@H](NC(=O)OC(C)(C)C)c1nc2c([nH]1)CCCC2. The maximum absolute atomic E-state index is 11.9. The first kappa shape index (κ1) is 14.9. The molecule has 5 heteroatoms. The lowest BCUT2D eigenvalue weighted by Crippen LogP contribution is -2.35. The zero-order chi connectivity index (χ0) is 14.8. The van der Waals surface area contributed by atoms with Crippen LogP contribution in [0.1, 0.15) is 70.2 Å². The van der Waals surface area contributed by atoms with Crippen LogP contribution in [0.5, 0.6) is 0 Å². The maximum Gasteiger partial charge on any atom is 0.408 e. The molecule has 1 amide bonds. The molecule has 5 nitrogen and oxygen atoms in total. The molecule has 0 saturated carbocycles. The number of rotatable bonds is 3. The van der Waals surface area contributed by atoms with Crippen molar-refractivity contribution in [2.75, 3.05) is 0 Å². The molecule has 1 atom stereocenters. The molecule has 1 aliphatic rings. The van der Waals surface area contributed by atoms with Gasteiger partial charge in [0, 0.05) is 5.69 Å². The summed E-state index contributed by atoms with van der Waals surface area (Å²) in [7, 11) is 0. The highest BCUT2D eigenvalue weighted by molar-refractivity contribution is 5.68. The lowest BCUT2D eigenvalue weighted by molar-refractivity contribution is 0.0500. The second-order valence-corrected chi connectivity index (χ2v) is 6.36. The molecule has 0 saturated heterocycles. The van der Waals surface area contributed by atoms with Gasteiger partial charge in [0.25, 0.3) is 0 Å². The fourth-order valence-electron chi connectivity index (χ4n) is 2.45. The van der Waals surface area contributed by atoms with Crippen molar-refractivity contribution in [1.29, 1.82) is 0 Å². The highest BCUT2D eigenvalue weighted by Gasteiger charge is 2.23. The summed E-state index contributed by atoms with van der Waals surface area (Å²) in [5.74, 6) is 0.852. The number of carbonyl (C=O) groups excluding carboxylic acids is 1. The van der Waals surface area contributed by atoms with E-state index in [1.807, 2.05) is 27.7 Å². The van der Waals surface area contributed by atoms with E-state index in [0.29, 0.717) is 0 Å². The van der Waals surface area contributed by atoms with E-state index >= 15 is 0 Å². The topological polar surface area (TPSA) is 67.0 Å². The van der Waals surface area contributed by atoms with Crippen LogP contribution < -0.4 is 5.32 Å². The number of alkyl carbamates (subject to hydrolysis) is 1. The number of aryl methyl sites for hydroxylation is 2. The van der Waals surface area contributed by atoms with Crippen LogP contribution in [0.15, 0.2) is 0 Å². The summed E-state index contributed by atoms with van der Waals surface area (Å²) in [6.45, 7) is 7.61. The van der Waals surface area contributed by atoms with Gasteiger partial charge in [0.15, 0.2) is 0 Å². The number of imidazole rings is 1. The molecule has 0 bridgehead atoms. The first-order valence-electron chi connectivity index (χ1n) is 7.46. The number of amides is 1.